The second-order valence-electron chi connectivity index (χ2n) is 6.52. The van der Waals surface area contributed by atoms with Crippen LogP contribution in [0.25, 0.3) is 33.9 Å². The van der Waals surface area contributed by atoms with Crippen LogP contribution in [0, 0.1) is 13.8 Å². The molecule has 0 saturated heterocycles. The molecule has 2 aromatic carbocycles. The van der Waals surface area contributed by atoms with Crippen molar-refractivity contribution in [2.75, 3.05) is 0 Å². The van der Waals surface area contributed by atoms with Crippen molar-refractivity contribution >= 4 is 11.0 Å². The number of hydrogen-bond donors (Lipinski definition) is 0. The number of nitrogens with zero attached hydrogens (tertiary/aromatic N) is 5. The molecular weight excluding hydrogens is 314 g/mol. The van der Waals surface area contributed by atoms with Crippen LogP contribution in [0.1, 0.15) is 31.0 Å². The summed E-state index contributed by atoms with van der Waals surface area (Å²) in [6.45, 7) is 8.26. The van der Waals surface area contributed by atoms with Crippen LogP contribution in [-0.4, -0.2) is 25.1 Å². The van der Waals surface area contributed by atoms with Crippen molar-refractivity contribution in [2.45, 2.75) is 33.7 Å². The van der Waals surface area contributed by atoms with Gasteiger partial charge in [0, 0.05) is 17.2 Å². The van der Waals surface area contributed by atoms with Gasteiger partial charge in [0.25, 0.3) is 5.89 Å². The van der Waals surface area contributed by atoms with Gasteiger partial charge in [0.2, 0.25) is 5.82 Å². The van der Waals surface area contributed by atoms with Gasteiger partial charge in [-0.2, -0.15) is 4.98 Å². The van der Waals surface area contributed by atoms with Gasteiger partial charge in [-0.1, -0.05) is 28.6 Å². The van der Waals surface area contributed by atoms with E-state index in [9.17, 15) is 0 Å². The van der Waals surface area contributed by atoms with Gasteiger partial charge < -0.3 is 4.52 Å². The minimum atomic E-state index is 0.259. The van der Waals surface area contributed by atoms with Gasteiger partial charge >= 0.3 is 0 Å². The highest BCUT2D eigenvalue weighted by molar-refractivity contribution is 5.80. The molecule has 0 spiro atoms. The minimum absolute atomic E-state index is 0.259. The number of hydrogen-bond acceptors (Lipinski definition) is 5. The van der Waals surface area contributed by atoms with Crippen molar-refractivity contribution in [3.63, 3.8) is 0 Å². The van der Waals surface area contributed by atoms with Gasteiger partial charge in [0.15, 0.2) is 0 Å². The van der Waals surface area contributed by atoms with E-state index in [1.807, 2.05) is 28.9 Å². The summed E-state index contributed by atoms with van der Waals surface area (Å²) in [6, 6.07) is 12.3. The third kappa shape index (κ3) is 2.59. The van der Waals surface area contributed by atoms with E-state index in [0.29, 0.717) is 11.7 Å². The van der Waals surface area contributed by atoms with E-state index in [2.05, 4.69) is 60.3 Å². The highest BCUT2D eigenvalue weighted by Crippen LogP contribution is 2.28. The second kappa shape index (κ2) is 5.81. The molecule has 25 heavy (non-hydrogen) atoms. The van der Waals surface area contributed by atoms with Crippen LogP contribution in [0.4, 0.5) is 0 Å². The molecule has 0 aliphatic carbocycles. The van der Waals surface area contributed by atoms with Gasteiger partial charge in [0.05, 0.1) is 5.52 Å². The smallest absolute Gasteiger partial charge is 0.258 e. The average Bonchev–Trinajstić information content (AvgIpc) is 3.21. The molecule has 0 bridgehead atoms. The standard InChI is InChI=1S/C19H19N5O/c1-11(2)24-16-9-8-14(10-15(16)21-23-24)19-20-18(22-25-19)17-12(3)6-5-7-13(17)4/h5-11H,1-4H3. The van der Waals surface area contributed by atoms with E-state index in [1.165, 1.54) is 0 Å². The lowest BCUT2D eigenvalue weighted by Gasteiger charge is -2.05. The molecule has 0 saturated carbocycles. The molecule has 0 radical (unpaired) electrons. The summed E-state index contributed by atoms with van der Waals surface area (Å²) in [5, 5.41) is 12.6. The van der Waals surface area contributed by atoms with Crippen LogP contribution in [0.2, 0.25) is 0 Å². The summed E-state index contributed by atoms with van der Waals surface area (Å²) < 4.78 is 7.40. The predicted octanol–water partition coefficient (Wildman–Crippen LogP) is 4.35. The van der Waals surface area contributed by atoms with Gasteiger partial charge in [-0.05, 0) is 57.0 Å². The van der Waals surface area contributed by atoms with Crippen molar-refractivity contribution < 1.29 is 4.52 Å². The Balaban J connectivity index is 1.76. The first-order valence-electron chi connectivity index (χ1n) is 8.30. The van der Waals surface area contributed by atoms with E-state index >= 15 is 0 Å². The molecule has 126 valence electrons. The maximum Gasteiger partial charge on any atom is 0.258 e. The van der Waals surface area contributed by atoms with Crippen LogP contribution in [0.5, 0.6) is 0 Å². The fraction of sp³-hybridized carbons (Fsp3) is 0.263. The Bertz CT molecular complexity index is 1040. The van der Waals surface area contributed by atoms with Crippen molar-refractivity contribution in [3.05, 3.63) is 47.5 Å². The summed E-state index contributed by atoms with van der Waals surface area (Å²) in [5.74, 6) is 1.09. The Hall–Kier alpha value is -3.02. The molecule has 0 unspecified atom stereocenters. The lowest BCUT2D eigenvalue weighted by atomic mass is 10.0. The number of fused-ring (bicyclic) bond motifs is 1. The van der Waals surface area contributed by atoms with Crippen LogP contribution >= 0.6 is 0 Å². The Labute approximate surface area is 145 Å². The lowest BCUT2D eigenvalue weighted by molar-refractivity contribution is 0.432. The van der Waals surface area contributed by atoms with Crippen LogP contribution in [0.3, 0.4) is 0 Å². The topological polar surface area (TPSA) is 69.6 Å². The summed E-state index contributed by atoms with van der Waals surface area (Å²) in [7, 11) is 0. The normalized spacial score (nSPS) is 11.6. The van der Waals surface area contributed by atoms with Crippen molar-refractivity contribution in [3.8, 4) is 22.8 Å². The summed E-state index contributed by atoms with van der Waals surface area (Å²) in [4.78, 5) is 4.59. The van der Waals surface area contributed by atoms with E-state index in [4.69, 9.17) is 4.52 Å². The van der Waals surface area contributed by atoms with E-state index < -0.39 is 0 Å². The molecule has 4 aromatic rings. The quantitative estimate of drug-likeness (QED) is 0.557. The maximum absolute atomic E-state index is 5.50. The predicted molar refractivity (Wildman–Crippen MR) is 96.1 cm³/mol. The highest BCUT2D eigenvalue weighted by Gasteiger charge is 2.16. The summed E-state index contributed by atoms with van der Waals surface area (Å²) in [6.07, 6.45) is 0. The van der Waals surface area contributed by atoms with E-state index in [-0.39, 0.29) is 6.04 Å². The highest BCUT2D eigenvalue weighted by atomic mass is 16.5. The molecule has 0 atom stereocenters. The zero-order valence-corrected chi connectivity index (χ0v) is 14.7. The Kier molecular flexibility index (Phi) is 3.60. The molecular formula is C19H19N5O. The Morgan fingerprint density at radius 3 is 2.52 bits per heavy atom. The molecule has 2 heterocycles. The zero-order valence-electron chi connectivity index (χ0n) is 14.7. The second-order valence-corrected chi connectivity index (χ2v) is 6.52. The van der Waals surface area contributed by atoms with Crippen LogP contribution < -0.4 is 0 Å². The van der Waals surface area contributed by atoms with Crippen molar-refractivity contribution in [2.24, 2.45) is 0 Å². The summed E-state index contributed by atoms with van der Waals surface area (Å²) >= 11 is 0. The first-order chi connectivity index (χ1) is 12.0. The fourth-order valence-corrected chi connectivity index (χ4v) is 3.07. The van der Waals surface area contributed by atoms with Gasteiger partial charge in [-0.25, -0.2) is 4.68 Å². The van der Waals surface area contributed by atoms with E-state index in [1.54, 1.807) is 0 Å². The van der Waals surface area contributed by atoms with Crippen molar-refractivity contribution in [1.29, 1.82) is 0 Å². The Morgan fingerprint density at radius 1 is 1.04 bits per heavy atom. The summed E-state index contributed by atoms with van der Waals surface area (Å²) in [5.41, 5.74) is 5.93. The fourth-order valence-electron chi connectivity index (χ4n) is 3.07. The largest absolute Gasteiger partial charge is 0.334 e. The van der Waals surface area contributed by atoms with Gasteiger partial charge in [-0.15, -0.1) is 5.10 Å². The molecule has 2 aromatic heterocycles. The molecule has 0 aliphatic heterocycles. The molecule has 0 aliphatic rings. The molecule has 6 nitrogen and oxygen atoms in total. The first-order valence-corrected chi connectivity index (χ1v) is 8.30. The van der Waals surface area contributed by atoms with Crippen LogP contribution in [0.15, 0.2) is 40.9 Å². The lowest BCUT2D eigenvalue weighted by Crippen LogP contribution is -2.02. The van der Waals surface area contributed by atoms with Crippen LogP contribution in [-0.2, 0) is 0 Å². The van der Waals surface area contributed by atoms with Gasteiger partial charge in [-0.3, -0.25) is 0 Å². The van der Waals surface area contributed by atoms with Gasteiger partial charge in [0.1, 0.15) is 5.52 Å². The molecule has 0 fully saturated rings. The zero-order chi connectivity index (χ0) is 17.6. The molecule has 6 heteroatoms. The molecule has 4 rings (SSSR count). The number of rotatable bonds is 3. The monoisotopic (exact) mass is 333 g/mol. The molecule has 0 N–H and O–H groups in total. The number of aromatic nitrogens is 5. The number of benzene rings is 2. The minimum Gasteiger partial charge on any atom is -0.334 e. The maximum atomic E-state index is 5.50. The third-order valence-electron chi connectivity index (χ3n) is 4.34. The SMILES string of the molecule is Cc1cccc(C)c1-c1noc(-c2ccc3c(c2)nnn3C(C)C)n1. The Morgan fingerprint density at radius 2 is 1.80 bits per heavy atom. The van der Waals surface area contributed by atoms with Crippen molar-refractivity contribution in [1.82, 2.24) is 25.1 Å². The molecule has 0 amide bonds. The first kappa shape index (κ1) is 15.5. The van der Waals surface area contributed by atoms with E-state index in [0.717, 1.165) is 33.3 Å². The average molecular weight is 333 g/mol. The third-order valence-corrected chi connectivity index (χ3v) is 4.34. The number of aryl methyl sites for hydroxylation is 2.